The lowest BCUT2D eigenvalue weighted by molar-refractivity contribution is -0.133. The zero-order valence-electron chi connectivity index (χ0n) is 22.2. The van der Waals surface area contributed by atoms with Gasteiger partial charge in [0, 0.05) is 43.0 Å². The van der Waals surface area contributed by atoms with Gasteiger partial charge in [-0.3, -0.25) is 4.79 Å². The third-order valence-corrected chi connectivity index (χ3v) is 6.15. The molecule has 3 aromatic rings. The van der Waals surface area contributed by atoms with Gasteiger partial charge < -0.3 is 40.0 Å². The predicted molar refractivity (Wildman–Crippen MR) is 147 cm³/mol. The highest BCUT2D eigenvalue weighted by Crippen LogP contribution is 2.32. The third kappa shape index (κ3) is 7.35. The molecule has 1 aromatic heterocycles. The van der Waals surface area contributed by atoms with Gasteiger partial charge >= 0.3 is 0 Å². The molecule has 0 spiro atoms. The average molecular weight is 549 g/mol. The lowest BCUT2D eigenvalue weighted by atomic mass is 10.1. The van der Waals surface area contributed by atoms with E-state index in [0.717, 1.165) is 5.56 Å². The Hall–Kier alpha value is -4.44. The monoisotopic (exact) mass is 548 g/mol. The van der Waals surface area contributed by atoms with Crippen LogP contribution < -0.4 is 25.3 Å². The lowest BCUT2D eigenvalue weighted by Gasteiger charge is -2.17. The number of methoxy groups -OCH3 is 1. The molecule has 1 aliphatic rings. The maximum Gasteiger partial charge on any atom is 0.248 e. The van der Waals surface area contributed by atoms with E-state index < -0.39 is 6.61 Å². The van der Waals surface area contributed by atoms with E-state index in [1.165, 1.54) is 0 Å². The van der Waals surface area contributed by atoms with E-state index in [1.807, 2.05) is 12.1 Å². The number of aliphatic hydroxyl groups is 1. The number of nitrogens with one attached hydrogen (secondary N) is 1. The van der Waals surface area contributed by atoms with Crippen molar-refractivity contribution in [1.82, 2.24) is 14.9 Å². The molecule has 0 bridgehead atoms. The molecule has 1 saturated heterocycles. The fourth-order valence-corrected chi connectivity index (χ4v) is 4.18. The highest BCUT2D eigenvalue weighted by Gasteiger charge is 2.27. The molecule has 1 amide bonds. The number of carbonyl (C=O) groups is 1. The summed E-state index contributed by atoms with van der Waals surface area (Å²) in [7, 11) is 1.56. The second-order valence-electron chi connectivity index (χ2n) is 8.85. The van der Waals surface area contributed by atoms with Crippen LogP contribution in [0.5, 0.6) is 17.2 Å². The van der Waals surface area contributed by atoms with Gasteiger partial charge in [-0.15, -0.1) is 0 Å². The van der Waals surface area contributed by atoms with Gasteiger partial charge in [-0.1, -0.05) is 0 Å². The molecule has 0 radical (unpaired) electrons. The number of nitrogens with zero attached hydrogens (tertiary/aromatic N) is 4. The van der Waals surface area contributed by atoms with Crippen molar-refractivity contribution in [3.8, 4) is 34.6 Å². The molecule has 4 rings (SSSR count). The van der Waals surface area contributed by atoms with Gasteiger partial charge in [0.05, 0.1) is 38.1 Å². The Bertz CT molecular complexity index is 1350. The standard InChI is InChI=1S/C28H32N6O6/c1-37-26-15-21(3-5-25(26)39-13-12-38-11-8-29)32-28-31-9-6-23(33-28)19-2-4-24(20(14-19)16-30)40-22-7-10-34(17-22)27(36)18-35/h2-6,9,14-15,22,35H,7-8,10-13,17-18,29H2,1H3,(H,31,32,33). The number of amides is 1. The van der Waals surface area contributed by atoms with Crippen LogP contribution in [0.2, 0.25) is 0 Å². The van der Waals surface area contributed by atoms with E-state index >= 15 is 0 Å². The number of nitriles is 1. The van der Waals surface area contributed by atoms with Crippen LogP contribution in [0.1, 0.15) is 12.0 Å². The molecule has 2 aromatic carbocycles. The Morgan fingerprint density at radius 3 is 2.80 bits per heavy atom. The van der Waals surface area contributed by atoms with E-state index in [0.29, 0.717) is 86.0 Å². The maximum absolute atomic E-state index is 11.7. The molecule has 12 nitrogen and oxygen atoms in total. The molecule has 0 saturated carbocycles. The largest absolute Gasteiger partial charge is 0.493 e. The van der Waals surface area contributed by atoms with E-state index in [9.17, 15) is 10.1 Å². The molecular formula is C28H32N6O6. The number of carbonyl (C=O) groups excluding carboxylic acids is 1. The first kappa shape index (κ1) is 28.6. The van der Waals surface area contributed by atoms with Crippen LogP contribution in [0.3, 0.4) is 0 Å². The van der Waals surface area contributed by atoms with Crippen LogP contribution in [-0.2, 0) is 9.53 Å². The summed E-state index contributed by atoms with van der Waals surface area (Å²) in [5.41, 5.74) is 7.80. The molecule has 1 fully saturated rings. The summed E-state index contributed by atoms with van der Waals surface area (Å²) in [6.07, 6.45) is 2.00. The topological polar surface area (TPSA) is 165 Å². The van der Waals surface area contributed by atoms with Crippen LogP contribution in [0, 0.1) is 11.3 Å². The first-order chi connectivity index (χ1) is 19.5. The minimum atomic E-state index is -0.528. The van der Waals surface area contributed by atoms with Gasteiger partial charge in [0.2, 0.25) is 11.9 Å². The zero-order chi connectivity index (χ0) is 28.3. The summed E-state index contributed by atoms with van der Waals surface area (Å²) in [6.45, 7) is 2.08. The van der Waals surface area contributed by atoms with Crippen LogP contribution in [0.4, 0.5) is 11.6 Å². The smallest absolute Gasteiger partial charge is 0.248 e. The van der Waals surface area contributed by atoms with Gasteiger partial charge in [0.15, 0.2) is 11.5 Å². The highest BCUT2D eigenvalue weighted by molar-refractivity contribution is 5.77. The Morgan fingerprint density at radius 1 is 1.18 bits per heavy atom. The maximum atomic E-state index is 11.7. The Balaban J connectivity index is 1.43. The Kier molecular flexibility index (Phi) is 10.1. The first-order valence-electron chi connectivity index (χ1n) is 12.8. The normalized spacial score (nSPS) is 14.4. The number of nitrogens with two attached hydrogens (primary N) is 1. The van der Waals surface area contributed by atoms with Gasteiger partial charge in [0.25, 0.3) is 0 Å². The van der Waals surface area contributed by atoms with Crippen molar-refractivity contribution in [2.45, 2.75) is 12.5 Å². The van der Waals surface area contributed by atoms with Crippen LogP contribution >= 0.6 is 0 Å². The van der Waals surface area contributed by atoms with Gasteiger partial charge in [-0.2, -0.15) is 5.26 Å². The molecule has 12 heteroatoms. The summed E-state index contributed by atoms with van der Waals surface area (Å²) in [4.78, 5) is 22.2. The second kappa shape index (κ2) is 14.1. The number of hydrogen-bond donors (Lipinski definition) is 3. The van der Waals surface area contributed by atoms with Gasteiger partial charge in [-0.25, -0.2) is 9.97 Å². The van der Waals surface area contributed by atoms with Crippen LogP contribution in [0.25, 0.3) is 11.3 Å². The Labute approximate surface area is 232 Å². The van der Waals surface area contributed by atoms with E-state index in [1.54, 1.807) is 48.5 Å². The molecular weight excluding hydrogens is 516 g/mol. The molecule has 2 heterocycles. The fraction of sp³-hybridized carbons (Fsp3) is 0.357. The number of aliphatic hydroxyl groups excluding tert-OH is 1. The zero-order valence-corrected chi connectivity index (χ0v) is 22.2. The van der Waals surface area contributed by atoms with Crippen molar-refractivity contribution in [3.05, 3.63) is 54.2 Å². The van der Waals surface area contributed by atoms with Crippen LogP contribution in [0.15, 0.2) is 48.7 Å². The molecule has 1 atom stereocenters. The van der Waals surface area contributed by atoms with Crippen molar-refractivity contribution in [2.24, 2.45) is 5.73 Å². The second-order valence-corrected chi connectivity index (χ2v) is 8.85. The summed E-state index contributed by atoms with van der Waals surface area (Å²) in [5.74, 6) is 1.59. The van der Waals surface area contributed by atoms with E-state index in [-0.39, 0.29) is 12.0 Å². The number of likely N-dealkylation sites (tertiary alicyclic amines) is 1. The van der Waals surface area contributed by atoms with Gasteiger partial charge in [-0.05, 0) is 36.4 Å². The van der Waals surface area contributed by atoms with Crippen LogP contribution in [-0.4, -0.2) is 85.2 Å². The molecule has 1 aliphatic heterocycles. The first-order valence-corrected chi connectivity index (χ1v) is 12.8. The molecule has 0 aliphatic carbocycles. The highest BCUT2D eigenvalue weighted by atomic mass is 16.5. The SMILES string of the molecule is COc1cc(Nc2nccc(-c3ccc(OC4CCN(C(=O)CO)C4)c(C#N)c3)n2)ccc1OCCOCCN. The Morgan fingerprint density at radius 2 is 2.02 bits per heavy atom. The van der Waals surface area contributed by atoms with Crippen molar-refractivity contribution in [3.63, 3.8) is 0 Å². The van der Waals surface area contributed by atoms with E-state index in [4.69, 9.17) is 29.8 Å². The average Bonchev–Trinajstić information content (AvgIpc) is 3.46. The number of ether oxygens (including phenoxy) is 4. The van der Waals surface area contributed by atoms with Crippen molar-refractivity contribution in [1.29, 1.82) is 5.26 Å². The molecule has 1 unspecified atom stereocenters. The minimum absolute atomic E-state index is 0.249. The molecule has 40 heavy (non-hydrogen) atoms. The summed E-state index contributed by atoms with van der Waals surface area (Å²) in [5, 5.41) is 22.0. The number of hydrogen-bond acceptors (Lipinski definition) is 11. The summed E-state index contributed by atoms with van der Waals surface area (Å²) >= 11 is 0. The van der Waals surface area contributed by atoms with Crippen molar-refractivity contribution in [2.75, 3.05) is 58.5 Å². The molecule has 210 valence electrons. The van der Waals surface area contributed by atoms with Crippen molar-refractivity contribution >= 4 is 17.5 Å². The van der Waals surface area contributed by atoms with E-state index in [2.05, 4.69) is 21.4 Å². The quantitative estimate of drug-likeness (QED) is 0.268. The number of rotatable bonds is 13. The fourth-order valence-electron chi connectivity index (χ4n) is 4.18. The summed E-state index contributed by atoms with van der Waals surface area (Å²) in [6, 6.07) is 14.6. The predicted octanol–water partition coefficient (Wildman–Crippen LogP) is 2.09. The van der Waals surface area contributed by atoms with Gasteiger partial charge in [0.1, 0.15) is 31.1 Å². The number of anilines is 2. The number of aromatic nitrogens is 2. The number of benzene rings is 2. The van der Waals surface area contributed by atoms with Crippen molar-refractivity contribution < 1.29 is 28.8 Å². The molecule has 4 N–H and O–H groups in total. The third-order valence-electron chi connectivity index (χ3n) is 6.15. The minimum Gasteiger partial charge on any atom is -0.493 e. The summed E-state index contributed by atoms with van der Waals surface area (Å²) < 4.78 is 22.5. The lowest BCUT2D eigenvalue weighted by Crippen LogP contribution is -2.32.